The predicted molar refractivity (Wildman–Crippen MR) is 97.7 cm³/mol. The molecule has 4 atom stereocenters. The molecule has 3 rings (SSSR count). The summed E-state index contributed by atoms with van der Waals surface area (Å²) < 4.78 is 40.5. The van der Waals surface area contributed by atoms with Gasteiger partial charge in [0.1, 0.15) is 0 Å². The summed E-state index contributed by atoms with van der Waals surface area (Å²) in [6, 6.07) is 5.11. The van der Waals surface area contributed by atoms with Crippen LogP contribution >= 0.6 is 0 Å². The third-order valence-corrected chi connectivity index (χ3v) is 6.10. The molecular formula is C20H28F3N3O. The highest BCUT2D eigenvalue weighted by atomic mass is 19.4. The van der Waals surface area contributed by atoms with Crippen LogP contribution in [-0.4, -0.2) is 36.0 Å². The molecule has 1 saturated heterocycles. The highest BCUT2D eigenvalue weighted by molar-refractivity contribution is 5.80. The number of rotatable bonds is 6. The van der Waals surface area contributed by atoms with Crippen LogP contribution in [0.4, 0.5) is 13.2 Å². The smallest absolute Gasteiger partial charge is 0.368 e. The first kappa shape index (κ1) is 20.1. The molecule has 0 aromatic heterocycles. The molecule has 0 radical (unpaired) electrons. The van der Waals surface area contributed by atoms with Crippen molar-refractivity contribution in [2.24, 2.45) is 23.5 Å². The Morgan fingerprint density at radius 2 is 1.96 bits per heavy atom. The molecule has 1 saturated carbocycles. The van der Waals surface area contributed by atoms with E-state index < -0.39 is 23.7 Å². The van der Waals surface area contributed by atoms with Crippen molar-refractivity contribution in [1.82, 2.24) is 10.2 Å². The van der Waals surface area contributed by atoms with Crippen LogP contribution in [0.3, 0.4) is 0 Å². The van der Waals surface area contributed by atoms with Crippen LogP contribution in [0.2, 0.25) is 0 Å². The van der Waals surface area contributed by atoms with Crippen molar-refractivity contribution < 1.29 is 18.0 Å². The van der Waals surface area contributed by atoms with Crippen molar-refractivity contribution in [3.8, 4) is 0 Å². The quantitative estimate of drug-likeness (QED) is 0.794. The van der Waals surface area contributed by atoms with Crippen molar-refractivity contribution >= 4 is 5.91 Å². The van der Waals surface area contributed by atoms with Crippen LogP contribution in [0, 0.1) is 17.8 Å². The van der Waals surface area contributed by atoms with E-state index in [9.17, 15) is 18.0 Å². The Bertz CT molecular complexity index is 677. The number of nitrogens with two attached hydrogens (primary N) is 1. The van der Waals surface area contributed by atoms with Gasteiger partial charge in [-0.15, -0.1) is 0 Å². The fourth-order valence-electron chi connectivity index (χ4n) is 4.96. The number of alkyl halides is 3. The molecule has 2 aliphatic rings. The molecule has 7 heteroatoms. The highest BCUT2D eigenvalue weighted by Gasteiger charge is 2.45. The molecule has 1 amide bonds. The van der Waals surface area contributed by atoms with E-state index in [1.807, 2.05) is 18.7 Å². The van der Waals surface area contributed by atoms with Crippen LogP contribution in [0.15, 0.2) is 24.3 Å². The van der Waals surface area contributed by atoms with E-state index in [0.29, 0.717) is 11.8 Å². The summed E-state index contributed by atoms with van der Waals surface area (Å²) >= 11 is 0. The van der Waals surface area contributed by atoms with Gasteiger partial charge >= 0.3 is 6.18 Å². The molecule has 3 N–H and O–H groups in total. The molecule has 4 nitrogen and oxygen atoms in total. The zero-order valence-corrected chi connectivity index (χ0v) is 15.8. The fourth-order valence-corrected chi connectivity index (χ4v) is 4.96. The third kappa shape index (κ3) is 4.14. The number of hydrogen-bond donors (Lipinski definition) is 2. The zero-order chi connectivity index (χ0) is 19.8. The Balaban J connectivity index is 1.97. The summed E-state index contributed by atoms with van der Waals surface area (Å²) in [4.78, 5) is 14.2. The van der Waals surface area contributed by atoms with E-state index in [4.69, 9.17) is 5.73 Å². The first-order valence-corrected chi connectivity index (χ1v) is 9.61. The van der Waals surface area contributed by atoms with Crippen molar-refractivity contribution in [1.29, 1.82) is 0 Å². The number of nitrogens with zero attached hydrogens (tertiary/aromatic N) is 1. The Labute approximate surface area is 158 Å². The monoisotopic (exact) mass is 383 g/mol. The Morgan fingerprint density at radius 3 is 2.59 bits per heavy atom. The van der Waals surface area contributed by atoms with Crippen molar-refractivity contribution in [3.63, 3.8) is 0 Å². The lowest BCUT2D eigenvalue weighted by Crippen LogP contribution is -2.53. The van der Waals surface area contributed by atoms with Crippen molar-refractivity contribution in [2.45, 2.75) is 51.5 Å². The molecule has 1 heterocycles. The first-order valence-electron chi connectivity index (χ1n) is 9.61. The number of primary amides is 1. The molecule has 27 heavy (non-hydrogen) atoms. The summed E-state index contributed by atoms with van der Waals surface area (Å²) in [5.41, 5.74) is 5.26. The summed E-state index contributed by atoms with van der Waals surface area (Å²) in [7, 11) is 0. The minimum absolute atomic E-state index is 0.0613. The van der Waals surface area contributed by atoms with Gasteiger partial charge in [0.25, 0.3) is 0 Å². The second-order valence-corrected chi connectivity index (χ2v) is 8.15. The maximum atomic E-state index is 13.5. The summed E-state index contributed by atoms with van der Waals surface area (Å²) in [5, 5.41) is 3.38. The van der Waals surface area contributed by atoms with Gasteiger partial charge in [0.2, 0.25) is 5.91 Å². The van der Waals surface area contributed by atoms with Gasteiger partial charge in [-0.1, -0.05) is 32.0 Å². The normalized spacial score (nSPS) is 26.6. The van der Waals surface area contributed by atoms with E-state index in [1.165, 1.54) is 12.1 Å². The molecule has 0 bridgehead atoms. The number of hydrogen-bond acceptors (Lipinski definition) is 3. The molecular weight excluding hydrogens is 355 g/mol. The maximum absolute atomic E-state index is 13.5. The zero-order valence-electron chi connectivity index (χ0n) is 15.8. The lowest BCUT2D eigenvalue weighted by molar-refractivity contribution is -0.138. The Morgan fingerprint density at radius 1 is 1.26 bits per heavy atom. The number of fused-ring (bicyclic) bond motifs is 1. The molecule has 1 aliphatic carbocycles. The second kappa shape index (κ2) is 7.80. The van der Waals surface area contributed by atoms with E-state index in [0.717, 1.165) is 32.0 Å². The van der Waals surface area contributed by atoms with Gasteiger partial charge < -0.3 is 11.1 Å². The minimum atomic E-state index is -4.42. The second-order valence-electron chi connectivity index (χ2n) is 8.15. The molecule has 1 aromatic carbocycles. The number of amides is 1. The van der Waals surface area contributed by atoms with E-state index in [-0.39, 0.29) is 24.1 Å². The predicted octanol–water partition coefficient (Wildman–Crippen LogP) is 3.02. The van der Waals surface area contributed by atoms with Crippen LogP contribution in [0.5, 0.6) is 0 Å². The van der Waals surface area contributed by atoms with Crippen LogP contribution < -0.4 is 11.1 Å². The number of halogens is 3. The van der Waals surface area contributed by atoms with E-state index in [1.54, 1.807) is 6.07 Å². The fraction of sp³-hybridized carbons (Fsp3) is 0.650. The highest BCUT2D eigenvalue weighted by Crippen LogP contribution is 2.40. The summed E-state index contributed by atoms with van der Waals surface area (Å²) in [6.07, 6.45) is -2.50. The number of benzene rings is 1. The first-order chi connectivity index (χ1) is 12.7. The number of carbonyl (C=O) groups excluding carboxylic acids is 1. The maximum Gasteiger partial charge on any atom is 0.416 e. The lowest BCUT2D eigenvalue weighted by atomic mass is 9.92. The van der Waals surface area contributed by atoms with Gasteiger partial charge in [-0.2, -0.15) is 13.2 Å². The number of nitrogens with one attached hydrogen (secondary N) is 1. The summed E-state index contributed by atoms with van der Waals surface area (Å²) in [6.45, 7) is 5.66. The van der Waals surface area contributed by atoms with Crippen LogP contribution in [0.25, 0.3) is 0 Å². The van der Waals surface area contributed by atoms with E-state index in [2.05, 4.69) is 5.32 Å². The molecule has 150 valence electrons. The lowest BCUT2D eigenvalue weighted by Gasteiger charge is -2.39. The van der Waals surface area contributed by atoms with Gasteiger partial charge in [-0.3, -0.25) is 9.69 Å². The average Bonchev–Trinajstić information content (AvgIpc) is 3.16. The van der Waals surface area contributed by atoms with Gasteiger partial charge in [-0.25, -0.2) is 0 Å². The van der Waals surface area contributed by atoms with Crippen molar-refractivity contribution in [3.05, 3.63) is 35.4 Å². The topological polar surface area (TPSA) is 58.4 Å². The SMILES string of the molecule is CC(C)[C@@H](C(N)=O)N(Cc1ccccc1C(F)(F)F)C1CCC2CNCC21. The molecule has 3 unspecified atom stereocenters. The Kier molecular flexibility index (Phi) is 5.82. The Hall–Kier alpha value is -1.60. The number of carbonyl (C=O) groups is 1. The standard InChI is InChI=1S/C20H28F3N3O/c1-12(2)18(19(24)27)26(17-8-7-13-9-25-10-15(13)17)11-14-5-3-4-6-16(14)20(21,22)23/h3-6,12-13,15,17-18,25H,7-11H2,1-2H3,(H2,24,27)/t13?,15?,17?,18-/m0/s1. The summed E-state index contributed by atoms with van der Waals surface area (Å²) in [5.74, 6) is 0.331. The van der Waals surface area contributed by atoms with Gasteiger partial charge in [0.05, 0.1) is 11.6 Å². The minimum Gasteiger partial charge on any atom is -0.368 e. The van der Waals surface area contributed by atoms with Crippen molar-refractivity contribution in [2.75, 3.05) is 13.1 Å². The largest absolute Gasteiger partial charge is 0.416 e. The van der Waals surface area contributed by atoms with E-state index >= 15 is 0 Å². The molecule has 0 spiro atoms. The molecule has 2 fully saturated rings. The van der Waals surface area contributed by atoms with Gasteiger partial charge in [-0.05, 0) is 55.3 Å². The molecule has 1 aromatic rings. The van der Waals surface area contributed by atoms with Crippen LogP contribution in [0.1, 0.15) is 37.8 Å². The average molecular weight is 383 g/mol. The van der Waals surface area contributed by atoms with Crippen LogP contribution in [-0.2, 0) is 17.5 Å². The van der Waals surface area contributed by atoms with Gasteiger partial charge in [0.15, 0.2) is 0 Å². The molecule has 1 aliphatic heterocycles. The third-order valence-electron chi connectivity index (χ3n) is 6.10. The van der Waals surface area contributed by atoms with Gasteiger partial charge in [0, 0.05) is 12.6 Å².